The molecule has 0 unspecified atom stereocenters. The number of amides is 1. The van der Waals surface area contributed by atoms with Gasteiger partial charge in [-0.25, -0.2) is 4.98 Å². The number of thiophene rings is 1. The second-order valence-corrected chi connectivity index (χ2v) is 7.74. The summed E-state index contributed by atoms with van der Waals surface area (Å²) < 4.78 is 0. The Hall–Kier alpha value is -2.64. The van der Waals surface area contributed by atoms with E-state index in [2.05, 4.69) is 15.3 Å². The number of carbonyl (C=O) groups is 1. The SMILES string of the molecule is O=C(Cc1cc(=O)[nH]c(SC/C=C/c2ccccc2)n1)NCc1cccs1. The van der Waals surface area contributed by atoms with Crippen molar-refractivity contribution in [2.24, 2.45) is 0 Å². The van der Waals surface area contributed by atoms with Crippen molar-refractivity contribution in [3.63, 3.8) is 0 Å². The predicted molar refractivity (Wildman–Crippen MR) is 111 cm³/mol. The Kier molecular flexibility index (Phi) is 7.01. The maximum Gasteiger partial charge on any atom is 0.251 e. The van der Waals surface area contributed by atoms with Crippen molar-refractivity contribution >= 4 is 35.1 Å². The van der Waals surface area contributed by atoms with E-state index in [1.54, 1.807) is 11.3 Å². The van der Waals surface area contributed by atoms with Crippen LogP contribution in [0.3, 0.4) is 0 Å². The normalized spacial score (nSPS) is 11.0. The summed E-state index contributed by atoms with van der Waals surface area (Å²) in [4.78, 5) is 32.1. The van der Waals surface area contributed by atoms with Crippen molar-refractivity contribution in [1.82, 2.24) is 15.3 Å². The molecule has 0 atom stereocenters. The first-order valence-corrected chi connectivity index (χ1v) is 10.3. The zero-order valence-electron chi connectivity index (χ0n) is 14.6. The molecule has 0 saturated carbocycles. The zero-order valence-corrected chi connectivity index (χ0v) is 16.2. The topological polar surface area (TPSA) is 74.8 Å². The fraction of sp³-hybridized carbons (Fsp3) is 0.150. The van der Waals surface area contributed by atoms with E-state index in [9.17, 15) is 9.59 Å². The first kappa shape index (κ1) is 19.1. The number of benzene rings is 1. The molecule has 1 amide bonds. The molecule has 3 rings (SSSR count). The molecule has 0 saturated heterocycles. The summed E-state index contributed by atoms with van der Waals surface area (Å²) in [5.41, 5.74) is 1.34. The van der Waals surface area contributed by atoms with Crippen LogP contribution >= 0.6 is 23.1 Å². The van der Waals surface area contributed by atoms with Gasteiger partial charge in [-0.1, -0.05) is 60.3 Å². The molecule has 1 aromatic carbocycles. The summed E-state index contributed by atoms with van der Waals surface area (Å²) in [6, 6.07) is 15.3. The van der Waals surface area contributed by atoms with Crippen LogP contribution in [-0.2, 0) is 17.8 Å². The molecule has 0 spiro atoms. The molecule has 138 valence electrons. The number of hydrogen-bond donors (Lipinski definition) is 2. The first-order chi connectivity index (χ1) is 13.2. The average molecular weight is 398 g/mol. The first-order valence-electron chi connectivity index (χ1n) is 8.43. The fourth-order valence-electron chi connectivity index (χ4n) is 2.34. The smallest absolute Gasteiger partial charge is 0.251 e. The van der Waals surface area contributed by atoms with Crippen LogP contribution in [0.5, 0.6) is 0 Å². The number of aromatic amines is 1. The summed E-state index contributed by atoms with van der Waals surface area (Å²) in [7, 11) is 0. The van der Waals surface area contributed by atoms with E-state index in [-0.39, 0.29) is 17.9 Å². The van der Waals surface area contributed by atoms with Crippen molar-refractivity contribution in [3.8, 4) is 0 Å². The highest BCUT2D eigenvalue weighted by molar-refractivity contribution is 7.99. The Balaban J connectivity index is 1.53. The third-order valence-corrected chi connectivity index (χ3v) is 5.28. The number of carbonyl (C=O) groups excluding carboxylic acids is 1. The molecule has 0 fully saturated rings. The Bertz CT molecular complexity index is 951. The Morgan fingerprint density at radius 2 is 2.07 bits per heavy atom. The molecule has 0 bridgehead atoms. The van der Waals surface area contributed by atoms with Crippen LogP contribution in [0.25, 0.3) is 6.08 Å². The lowest BCUT2D eigenvalue weighted by Gasteiger charge is -2.05. The van der Waals surface area contributed by atoms with Crippen LogP contribution in [0.4, 0.5) is 0 Å². The largest absolute Gasteiger partial charge is 0.351 e. The van der Waals surface area contributed by atoms with Gasteiger partial charge in [-0.2, -0.15) is 0 Å². The summed E-state index contributed by atoms with van der Waals surface area (Å²) in [5, 5.41) is 5.33. The maximum atomic E-state index is 12.1. The maximum absolute atomic E-state index is 12.1. The summed E-state index contributed by atoms with van der Waals surface area (Å²) >= 11 is 3.01. The molecule has 0 aliphatic carbocycles. The van der Waals surface area contributed by atoms with E-state index in [0.29, 0.717) is 23.1 Å². The van der Waals surface area contributed by atoms with Gasteiger partial charge in [0, 0.05) is 16.7 Å². The van der Waals surface area contributed by atoms with E-state index in [4.69, 9.17) is 0 Å². The molecular formula is C20H19N3O2S2. The van der Waals surface area contributed by atoms with Crippen LogP contribution in [0.1, 0.15) is 16.1 Å². The number of nitrogens with zero attached hydrogens (tertiary/aromatic N) is 1. The van der Waals surface area contributed by atoms with Crippen LogP contribution in [0, 0.1) is 0 Å². The molecule has 5 nitrogen and oxygen atoms in total. The van der Waals surface area contributed by atoms with Crippen molar-refractivity contribution in [2.45, 2.75) is 18.1 Å². The van der Waals surface area contributed by atoms with Crippen LogP contribution in [0.2, 0.25) is 0 Å². The van der Waals surface area contributed by atoms with Crippen molar-refractivity contribution in [2.75, 3.05) is 5.75 Å². The number of thioether (sulfide) groups is 1. The molecule has 27 heavy (non-hydrogen) atoms. The number of H-pyrrole nitrogens is 1. The van der Waals surface area contributed by atoms with Gasteiger partial charge < -0.3 is 10.3 Å². The molecule has 0 aliphatic heterocycles. The second kappa shape index (κ2) is 9.89. The fourth-order valence-corrected chi connectivity index (χ4v) is 3.69. The Labute approximate surface area is 165 Å². The molecule has 0 aliphatic rings. The second-order valence-electron chi connectivity index (χ2n) is 5.70. The lowest BCUT2D eigenvalue weighted by Crippen LogP contribution is -2.25. The average Bonchev–Trinajstić information content (AvgIpc) is 3.18. The van der Waals surface area contributed by atoms with Gasteiger partial charge in [0.2, 0.25) is 5.91 Å². The monoisotopic (exact) mass is 397 g/mol. The van der Waals surface area contributed by atoms with E-state index < -0.39 is 0 Å². The lowest BCUT2D eigenvalue weighted by molar-refractivity contribution is -0.120. The van der Waals surface area contributed by atoms with E-state index in [1.807, 2.05) is 60.0 Å². The number of nitrogens with one attached hydrogen (secondary N) is 2. The van der Waals surface area contributed by atoms with Gasteiger partial charge in [0.25, 0.3) is 5.56 Å². The highest BCUT2D eigenvalue weighted by Crippen LogP contribution is 2.13. The van der Waals surface area contributed by atoms with Crippen molar-refractivity contribution in [3.05, 3.63) is 86.5 Å². The molecule has 2 N–H and O–H groups in total. The predicted octanol–water partition coefficient (Wildman–Crippen LogP) is 3.50. The van der Waals surface area contributed by atoms with Gasteiger partial charge in [0.05, 0.1) is 18.7 Å². The van der Waals surface area contributed by atoms with E-state index in [0.717, 1.165) is 10.4 Å². The van der Waals surface area contributed by atoms with Gasteiger partial charge >= 0.3 is 0 Å². The molecule has 0 radical (unpaired) electrons. The lowest BCUT2D eigenvalue weighted by atomic mass is 10.2. The minimum absolute atomic E-state index is 0.0860. The van der Waals surface area contributed by atoms with E-state index >= 15 is 0 Å². The molecule has 7 heteroatoms. The Morgan fingerprint density at radius 1 is 1.22 bits per heavy atom. The highest BCUT2D eigenvalue weighted by atomic mass is 32.2. The third kappa shape index (κ3) is 6.54. The number of aromatic nitrogens is 2. The minimum Gasteiger partial charge on any atom is -0.351 e. The molecular weight excluding hydrogens is 378 g/mol. The Morgan fingerprint density at radius 3 is 2.85 bits per heavy atom. The number of rotatable bonds is 8. The minimum atomic E-state index is -0.249. The quantitative estimate of drug-likeness (QED) is 0.451. The van der Waals surface area contributed by atoms with Crippen LogP contribution in [0.15, 0.2) is 69.9 Å². The third-order valence-electron chi connectivity index (χ3n) is 3.58. The van der Waals surface area contributed by atoms with Crippen LogP contribution in [-0.4, -0.2) is 21.6 Å². The van der Waals surface area contributed by atoms with E-state index in [1.165, 1.54) is 17.8 Å². The van der Waals surface area contributed by atoms with Gasteiger partial charge in [-0.3, -0.25) is 9.59 Å². The molecule has 2 aromatic heterocycles. The summed E-state index contributed by atoms with van der Waals surface area (Å²) in [6.45, 7) is 0.492. The van der Waals surface area contributed by atoms with Crippen molar-refractivity contribution in [1.29, 1.82) is 0 Å². The number of hydrogen-bond acceptors (Lipinski definition) is 5. The standard InChI is InChI=1S/C20H19N3O2S2/c24-18(21-14-17-9-5-10-26-17)12-16-13-19(25)23-20(22-16)27-11-4-8-15-6-2-1-3-7-15/h1-10,13H,11-12,14H2,(H,21,24)(H,22,23,25)/b8-4+. The zero-order chi connectivity index (χ0) is 18.9. The van der Waals surface area contributed by atoms with Gasteiger partial charge in [-0.05, 0) is 17.0 Å². The highest BCUT2D eigenvalue weighted by Gasteiger charge is 2.08. The van der Waals surface area contributed by atoms with Gasteiger partial charge in [0.15, 0.2) is 5.16 Å². The summed E-state index contributed by atoms with van der Waals surface area (Å²) in [6.07, 6.45) is 4.12. The van der Waals surface area contributed by atoms with Gasteiger partial charge in [-0.15, -0.1) is 11.3 Å². The van der Waals surface area contributed by atoms with Crippen molar-refractivity contribution < 1.29 is 4.79 Å². The van der Waals surface area contributed by atoms with Crippen LogP contribution < -0.4 is 10.9 Å². The molecule has 3 aromatic rings. The summed E-state index contributed by atoms with van der Waals surface area (Å²) in [5.74, 6) is 0.521. The molecule has 2 heterocycles. The van der Waals surface area contributed by atoms with Gasteiger partial charge in [0.1, 0.15) is 0 Å².